The maximum absolute atomic E-state index is 12.6. The molecular weight excluding hydrogens is 320 g/mol. The van der Waals surface area contributed by atoms with Crippen LogP contribution in [0.4, 0.5) is 0 Å². The fourth-order valence-electron chi connectivity index (χ4n) is 4.18. The number of aromatic nitrogens is 1. The third-order valence-electron chi connectivity index (χ3n) is 5.51. The fraction of sp³-hybridized carbons (Fsp3) is 0.632. The van der Waals surface area contributed by atoms with Crippen molar-refractivity contribution >= 4 is 17.7 Å². The summed E-state index contributed by atoms with van der Waals surface area (Å²) in [4.78, 5) is 38.2. The molecule has 1 aliphatic carbocycles. The molecule has 0 radical (unpaired) electrons. The van der Waals surface area contributed by atoms with E-state index in [0.717, 1.165) is 19.4 Å². The first kappa shape index (κ1) is 17.7. The number of ketones is 1. The van der Waals surface area contributed by atoms with Crippen molar-refractivity contribution < 1.29 is 19.1 Å². The zero-order valence-corrected chi connectivity index (χ0v) is 15.0. The second kappa shape index (κ2) is 7.42. The van der Waals surface area contributed by atoms with E-state index in [-0.39, 0.29) is 24.0 Å². The molecule has 2 fully saturated rings. The monoisotopic (exact) mass is 346 g/mol. The van der Waals surface area contributed by atoms with Gasteiger partial charge < -0.3 is 14.2 Å². The Labute approximate surface area is 148 Å². The van der Waals surface area contributed by atoms with Gasteiger partial charge in [-0.3, -0.25) is 9.59 Å². The van der Waals surface area contributed by atoms with E-state index in [0.29, 0.717) is 17.5 Å². The largest absolute Gasteiger partial charge is 0.451 e. The van der Waals surface area contributed by atoms with Crippen molar-refractivity contribution in [2.24, 2.45) is 13.0 Å². The minimum absolute atomic E-state index is 0.106. The van der Waals surface area contributed by atoms with Gasteiger partial charge in [0, 0.05) is 31.4 Å². The van der Waals surface area contributed by atoms with Gasteiger partial charge in [-0.25, -0.2) is 4.79 Å². The maximum Gasteiger partial charge on any atom is 0.355 e. The van der Waals surface area contributed by atoms with Crippen LogP contribution in [0.5, 0.6) is 0 Å². The van der Waals surface area contributed by atoms with Crippen LogP contribution in [0.2, 0.25) is 0 Å². The molecule has 0 unspecified atom stereocenters. The summed E-state index contributed by atoms with van der Waals surface area (Å²) in [6.45, 7) is 1.98. The molecule has 6 nitrogen and oxygen atoms in total. The van der Waals surface area contributed by atoms with E-state index in [9.17, 15) is 14.4 Å². The van der Waals surface area contributed by atoms with Crippen molar-refractivity contribution in [3.63, 3.8) is 0 Å². The van der Waals surface area contributed by atoms with E-state index in [4.69, 9.17) is 4.74 Å². The lowest BCUT2D eigenvalue weighted by molar-refractivity contribution is -0.140. The Hall–Kier alpha value is -2.11. The number of nitrogens with zero attached hydrogens (tertiary/aromatic N) is 2. The lowest BCUT2D eigenvalue weighted by Crippen LogP contribution is -2.50. The van der Waals surface area contributed by atoms with Crippen molar-refractivity contribution in [1.29, 1.82) is 0 Å². The molecule has 2 heterocycles. The summed E-state index contributed by atoms with van der Waals surface area (Å²) in [5.41, 5.74) is 0.744. The molecule has 6 heteroatoms. The number of piperidine rings is 1. The van der Waals surface area contributed by atoms with Gasteiger partial charge >= 0.3 is 5.97 Å². The number of amides is 1. The summed E-state index contributed by atoms with van der Waals surface area (Å²) in [5.74, 6) is -0.179. The van der Waals surface area contributed by atoms with Crippen LogP contribution in [0.1, 0.15) is 66.3 Å². The topological polar surface area (TPSA) is 68.6 Å². The average Bonchev–Trinajstić information content (AvgIpc) is 3.01. The number of likely N-dealkylation sites (tertiary alicyclic amines) is 1. The molecule has 25 heavy (non-hydrogen) atoms. The van der Waals surface area contributed by atoms with Crippen LogP contribution < -0.4 is 0 Å². The Kier molecular flexibility index (Phi) is 5.25. The molecule has 1 saturated carbocycles. The number of hydrogen-bond donors (Lipinski definition) is 0. The Morgan fingerprint density at radius 3 is 2.60 bits per heavy atom. The van der Waals surface area contributed by atoms with E-state index in [1.54, 1.807) is 17.8 Å². The molecule has 1 aliphatic heterocycles. The minimum Gasteiger partial charge on any atom is -0.451 e. The number of Topliss-reactive ketones (excluding diaryl/α,β-unsaturated/α-hetero) is 1. The zero-order chi connectivity index (χ0) is 18.0. The predicted molar refractivity (Wildman–Crippen MR) is 92.4 cm³/mol. The Balaban J connectivity index is 1.60. The van der Waals surface area contributed by atoms with Crippen molar-refractivity contribution in [3.05, 3.63) is 23.5 Å². The van der Waals surface area contributed by atoms with Crippen LogP contribution in [0.25, 0.3) is 0 Å². The van der Waals surface area contributed by atoms with Crippen LogP contribution in [0, 0.1) is 5.92 Å². The van der Waals surface area contributed by atoms with Gasteiger partial charge in [0.05, 0.1) is 0 Å². The van der Waals surface area contributed by atoms with Crippen LogP contribution in [0.15, 0.2) is 12.3 Å². The van der Waals surface area contributed by atoms with Crippen molar-refractivity contribution in [3.8, 4) is 0 Å². The van der Waals surface area contributed by atoms with Gasteiger partial charge in [-0.05, 0) is 44.6 Å². The van der Waals surface area contributed by atoms with E-state index >= 15 is 0 Å². The quantitative estimate of drug-likeness (QED) is 0.621. The third-order valence-corrected chi connectivity index (χ3v) is 5.51. The first-order valence-electron chi connectivity index (χ1n) is 9.11. The number of carbonyl (C=O) groups is 3. The van der Waals surface area contributed by atoms with E-state index in [2.05, 4.69) is 0 Å². The van der Waals surface area contributed by atoms with Crippen molar-refractivity contribution in [2.45, 2.75) is 51.5 Å². The molecular formula is C19H26N2O4. The van der Waals surface area contributed by atoms with Gasteiger partial charge in [-0.1, -0.05) is 12.8 Å². The number of rotatable bonds is 4. The summed E-state index contributed by atoms with van der Waals surface area (Å²) in [6, 6.07) is 1.82. The van der Waals surface area contributed by atoms with Gasteiger partial charge in [0.15, 0.2) is 12.4 Å². The van der Waals surface area contributed by atoms with E-state index in [1.807, 2.05) is 4.90 Å². The normalized spacial score (nSPS) is 23.0. The number of carbonyl (C=O) groups excluding carboxylic acids is 3. The van der Waals surface area contributed by atoms with Crippen LogP contribution in [-0.2, 0) is 16.6 Å². The van der Waals surface area contributed by atoms with Crippen LogP contribution >= 0.6 is 0 Å². The Morgan fingerprint density at radius 2 is 1.88 bits per heavy atom. The highest BCUT2D eigenvalue weighted by Gasteiger charge is 2.35. The van der Waals surface area contributed by atoms with Gasteiger partial charge in [-0.2, -0.15) is 0 Å². The first-order valence-corrected chi connectivity index (χ1v) is 9.11. The zero-order valence-electron chi connectivity index (χ0n) is 15.0. The number of ether oxygens (including phenoxy) is 1. The SMILES string of the molecule is CC(=O)c1cc(C(=O)OCC(=O)N2CCC[C@H]3CCCC[C@H]32)n(C)c1. The standard InChI is InChI=1S/C19H26N2O4/c1-13(22)15-10-17(20(2)11-15)19(24)25-12-18(23)21-9-5-7-14-6-3-4-8-16(14)21/h10-11,14,16H,3-9,12H2,1-2H3/t14-,16-/m1/s1. The Bertz CT molecular complexity index is 677. The van der Waals surface area contributed by atoms with Gasteiger partial charge in [0.1, 0.15) is 5.69 Å². The Morgan fingerprint density at radius 1 is 1.16 bits per heavy atom. The molecule has 0 aromatic carbocycles. The molecule has 1 aromatic rings. The first-order chi connectivity index (χ1) is 12.0. The molecule has 0 spiro atoms. The summed E-state index contributed by atoms with van der Waals surface area (Å²) in [6.07, 6.45) is 8.51. The van der Waals surface area contributed by atoms with Gasteiger partial charge in [0.25, 0.3) is 5.91 Å². The lowest BCUT2D eigenvalue weighted by Gasteiger charge is -2.44. The second-order valence-corrected chi connectivity index (χ2v) is 7.20. The van der Waals surface area contributed by atoms with Gasteiger partial charge in [0.2, 0.25) is 0 Å². The van der Waals surface area contributed by atoms with Crippen LogP contribution in [-0.4, -0.2) is 46.3 Å². The molecule has 1 amide bonds. The fourth-order valence-corrected chi connectivity index (χ4v) is 4.18. The smallest absolute Gasteiger partial charge is 0.355 e. The van der Waals surface area contributed by atoms with Crippen molar-refractivity contribution in [2.75, 3.05) is 13.2 Å². The second-order valence-electron chi connectivity index (χ2n) is 7.20. The molecule has 2 atom stereocenters. The highest BCUT2D eigenvalue weighted by Crippen LogP contribution is 2.35. The average molecular weight is 346 g/mol. The predicted octanol–water partition coefficient (Wildman–Crippen LogP) is 2.57. The lowest BCUT2D eigenvalue weighted by atomic mass is 9.78. The van der Waals surface area contributed by atoms with Gasteiger partial charge in [-0.15, -0.1) is 0 Å². The molecule has 1 saturated heterocycles. The summed E-state index contributed by atoms with van der Waals surface area (Å²) < 4.78 is 6.79. The highest BCUT2D eigenvalue weighted by atomic mass is 16.5. The molecule has 1 aromatic heterocycles. The van der Waals surface area contributed by atoms with Crippen LogP contribution in [0.3, 0.4) is 0 Å². The summed E-state index contributed by atoms with van der Waals surface area (Å²) in [5, 5.41) is 0. The molecule has 2 aliphatic rings. The third kappa shape index (κ3) is 3.78. The summed E-state index contributed by atoms with van der Waals surface area (Å²) >= 11 is 0. The summed E-state index contributed by atoms with van der Waals surface area (Å²) in [7, 11) is 1.68. The molecule has 0 N–H and O–H groups in total. The maximum atomic E-state index is 12.6. The highest BCUT2D eigenvalue weighted by molar-refractivity contribution is 5.98. The van der Waals surface area contributed by atoms with E-state index < -0.39 is 5.97 Å². The molecule has 136 valence electrons. The van der Waals surface area contributed by atoms with E-state index in [1.165, 1.54) is 38.7 Å². The minimum atomic E-state index is -0.569. The molecule has 3 rings (SSSR count). The van der Waals surface area contributed by atoms with Crippen molar-refractivity contribution in [1.82, 2.24) is 9.47 Å². The number of fused-ring (bicyclic) bond motifs is 1. The number of esters is 1. The number of aryl methyl sites for hydroxylation is 1. The number of hydrogen-bond acceptors (Lipinski definition) is 4. The molecule has 0 bridgehead atoms.